The predicted octanol–water partition coefficient (Wildman–Crippen LogP) is 2.86. The van der Waals surface area contributed by atoms with E-state index in [9.17, 15) is 26.9 Å². The maximum Gasteiger partial charge on any atom is 0.389 e. The highest BCUT2D eigenvalue weighted by atomic mass is 32.2. The van der Waals surface area contributed by atoms with E-state index < -0.39 is 40.3 Å². The molecule has 0 unspecified atom stereocenters. The highest BCUT2D eigenvalue weighted by Gasteiger charge is 2.35. The zero-order valence-electron chi connectivity index (χ0n) is 11.2. The minimum Gasteiger partial charge on any atom is -0.212 e. The van der Waals surface area contributed by atoms with Crippen LogP contribution < -0.4 is 4.72 Å². The molecule has 0 aliphatic heterocycles. The SMILES string of the molecule is N#CC1(NS(=O)(=O)CCCC(F)(F)F)CCCCCC1. The van der Waals surface area contributed by atoms with E-state index in [1.165, 1.54) is 0 Å². The predicted molar refractivity (Wildman–Crippen MR) is 68.3 cm³/mol. The largest absolute Gasteiger partial charge is 0.389 e. The van der Waals surface area contributed by atoms with Crippen molar-refractivity contribution in [1.29, 1.82) is 5.26 Å². The molecule has 0 aromatic heterocycles. The van der Waals surface area contributed by atoms with Crippen molar-refractivity contribution in [2.24, 2.45) is 0 Å². The van der Waals surface area contributed by atoms with Crippen LogP contribution in [0.2, 0.25) is 0 Å². The lowest BCUT2D eigenvalue weighted by molar-refractivity contribution is -0.134. The molecule has 116 valence electrons. The second-order valence-corrected chi connectivity index (χ2v) is 7.09. The van der Waals surface area contributed by atoms with E-state index in [1.54, 1.807) is 0 Å². The first-order valence-corrected chi connectivity index (χ1v) is 8.33. The molecular weight excluding hydrogens is 293 g/mol. The molecule has 1 rings (SSSR count). The van der Waals surface area contributed by atoms with Crippen molar-refractivity contribution >= 4 is 10.0 Å². The molecule has 8 heteroatoms. The van der Waals surface area contributed by atoms with Crippen LogP contribution in [0, 0.1) is 11.3 Å². The van der Waals surface area contributed by atoms with Crippen molar-refractivity contribution in [3.8, 4) is 6.07 Å². The molecule has 0 heterocycles. The molecule has 0 amide bonds. The molecule has 0 aromatic rings. The summed E-state index contributed by atoms with van der Waals surface area (Å²) in [5.41, 5.74) is -1.15. The van der Waals surface area contributed by atoms with Gasteiger partial charge in [0.05, 0.1) is 11.8 Å². The second-order valence-electron chi connectivity index (χ2n) is 5.25. The van der Waals surface area contributed by atoms with Crippen LogP contribution in [0.5, 0.6) is 0 Å². The summed E-state index contributed by atoms with van der Waals surface area (Å²) in [4.78, 5) is 0. The quantitative estimate of drug-likeness (QED) is 0.794. The van der Waals surface area contributed by atoms with Crippen molar-refractivity contribution in [2.45, 2.75) is 63.1 Å². The second kappa shape index (κ2) is 6.76. The molecule has 0 saturated heterocycles. The first kappa shape index (κ1) is 17.2. The molecule has 1 fully saturated rings. The maximum absolute atomic E-state index is 12.0. The highest BCUT2D eigenvalue weighted by molar-refractivity contribution is 7.89. The fourth-order valence-electron chi connectivity index (χ4n) is 2.38. The van der Waals surface area contributed by atoms with Crippen LogP contribution in [0.15, 0.2) is 0 Å². The number of nitriles is 1. The van der Waals surface area contributed by atoms with Crippen molar-refractivity contribution in [2.75, 3.05) is 5.75 Å². The van der Waals surface area contributed by atoms with Crippen LogP contribution in [0.4, 0.5) is 13.2 Å². The topological polar surface area (TPSA) is 70.0 Å². The fourth-order valence-corrected chi connectivity index (χ4v) is 3.85. The number of nitrogens with zero attached hydrogens (tertiary/aromatic N) is 1. The van der Waals surface area contributed by atoms with Gasteiger partial charge in [0, 0.05) is 6.42 Å². The molecular formula is C12H19F3N2O2S. The third kappa shape index (κ3) is 6.09. The van der Waals surface area contributed by atoms with Gasteiger partial charge in [-0.05, 0) is 19.3 Å². The lowest BCUT2D eigenvalue weighted by Crippen LogP contribution is -2.47. The van der Waals surface area contributed by atoms with Crippen LogP contribution in [-0.4, -0.2) is 25.9 Å². The first-order chi connectivity index (χ1) is 9.18. The zero-order valence-corrected chi connectivity index (χ0v) is 12.0. The van der Waals surface area contributed by atoms with Gasteiger partial charge in [0.2, 0.25) is 10.0 Å². The van der Waals surface area contributed by atoms with Gasteiger partial charge in [0.1, 0.15) is 5.54 Å². The molecule has 1 aliphatic rings. The third-order valence-electron chi connectivity index (χ3n) is 3.40. The molecule has 0 atom stereocenters. The lowest BCUT2D eigenvalue weighted by atomic mass is 9.94. The van der Waals surface area contributed by atoms with Gasteiger partial charge in [0.15, 0.2) is 0 Å². The highest BCUT2D eigenvalue weighted by Crippen LogP contribution is 2.28. The smallest absolute Gasteiger partial charge is 0.212 e. The van der Waals surface area contributed by atoms with Crippen LogP contribution in [0.25, 0.3) is 0 Å². The van der Waals surface area contributed by atoms with Crippen LogP contribution >= 0.6 is 0 Å². The summed E-state index contributed by atoms with van der Waals surface area (Å²) in [6, 6.07) is 2.01. The number of rotatable bonds is 5. The van der Waals surface area contributed by atoms with E-state index in [2.05, 4.69) is 4.72 Å². The molecule has 1 saturated carbocycles. The maximum atomic E-state index is 12.0. The molecule has 0 spiro atoms. The van der Waals surface area contributed by atoms with Crippen molar-refractivity contribution < 1.29 is 21.6 Å². The van der Waals surface area contributed by atoms with Gasteiger partial charge < -0.3 is 0 Å². The Morgan fingerprint density at radius 2 is 1.70 bits per heavy atom. The monoisotopic (exact) mass is 312 g/mol. The number of hydrogen-bond donors (Lipinski definition) is 1. The Morgan fingerprint density at radius 1 is 1.15 bits per heavy atom. The lowest BCUT2D eigenvalue weighted by Gasteiger charge is -2.26. The Balaban J connectivity index is 2.61. The Labute approximate surface area is 117 Å². The van der Waals surface area contributed by atoms with Gasteiger partial charge in [-0.2, -0.15) is 23.2 Å². The summed E-state index contributed by atoms with van der Waals surface area (Å²) >= 11 is 0. The molecule has 20 heavy (non-hydrogen) atoms. The van der Waals surface area contributed by atoms with Gasteiger partial charge >= 0.3 is 6.18 Å². The van der Waals surface area contributed by atoms with Crippen LogP contribution in [0.1, 0.15) is 51.4 Å². The average Bonchev–Trinajstić information content (AvgIpc) is 2.52. The van der Waals surface area contributed by atoms with Crippen molar-refractivity contribution in [1.82, 2.24) is 4.72 Å². The summed E-state index contributed by atoms with van der Waals surface area (Å²) in [6.45, 7) is 0. The summed E-state index contributed by atoms with van der Waals surface area (Å²) in [5, 5.41) is 9.23. The number of sulfonamides is 1. The van der Waals surface area contributed by atoms with E-state index in [1.807, 2.05) is 6.07 Å². The Morgan fingerprint density at radius 3 is 2.15 bits per heavy atom. The van der Waals surface area contributed by atoms with Gasteiger partial charge in [-0.3, -0.25) is 0 Å². The minimum atomic E-state index is -4.36. The number of nitrogens with one attached hydrogen (secondary N) is 1. The van der Waals surface area contributed by atoms with Gasteiger partial charge in [-0.25, -0.2) is 8.42 Å². The number of alkyl halides is 3. The zero-order chi connectivity index (χ0) is 15.3. The summed E-state index contributed by atoms with van der Waals surface area (Å²) in [6.07, 6.45) is -1.75. The molecule has 1 aliphatic carbocycles. The standard InChI is InChI=1S/C12H19F3N2O2S/c13-12(14,15)8-5-9-20(18,19)17-11(10-16)6-3-1-2-4-7-11/h17H,1-9H2. The van der Waals surface area contributed by atoms with E-state index >= 15 is 0 Å². The van der Waals surface area contributed by atoms with Gasteiger partial charge in [-0.1, -0.05) is 25.7 Å². The molecule has 0 bridgehead atoms. The van der Waals surface area contributed by atoms with Crippen LogP contribution in [-0.2, 0) is 10.0 Å². The summed E-state index contributed by atoms with van der Waals surface area (Å²) in [5.74, 6) is -0.601. The van der Waals surface area contributed by atoms with E-state index in [0.717, 1.165) is 25.7 Å². The molecule has 1 N–H and O–H groups in total. The van der Waals surface area contributed by atoms with E-state index in [4.69, 9.17) is 0 Å². The average molecular weight is 312 g/mol. The normalized spacial score (nSPS) is 20.1. The number of hydrogen-bond acceptors (Lipinski definition) is 3. The van der Waals surface area contributed by atoms with E-state index in [-0.39, 0.29) is 0 Å². The summed E-state index contributed by atoms with van der Waals surface area (Å²) < 4.78 is 62.0. The molecule has 0 radical (unpaired) electrons. The van der Waals surface area contributed by atoms with Crippen LogP contribution in [0.3, 0.4) is 0 Å². The molecule has 0 aromatic carbocycles. The fraction of sp³-hybridized carbons (Fsp3) is 0.917. The molecule has 4 nitrogen and oxygen atoms in total. The van der Waals surface area contributed by atoms with Crippen molar-refractivity contribution in [3.05, 3.63) is 0 Å². The summed E-state index contributed by atoms with van der Waals surface area (Å²) in [7, 11) is -3.86. The first-order valence-electron chi connectivity index (χ1n) is 6.68. The Kier molecular flexibility index (Phi) is 5.83. The van der Waals surface area contributed by atoms with E-state index in [0.29, 0.717) is 12.8 Å². The third-order valence-corrected chi connectivity index (χ3v) is 4.92. The Bertz CT molecular complexity index is 446. The van der Waals surface area contributed by atoms with Crippen molar-refractivity contribution in [3.63, 3.8) is 0 Å². The Hall–Kier alpha value is -0.810. The number of halogens is 3. The van der Waals surface area contributed by atoms with Gasteiger partial charge in [-0.15, -0.1) is 0 Å². The van der Waals surface area contributed by atoms with Gasteiger partial charge in [0.25, 0.3) is 0 Å². The minimum absolute atomic E-state index is 0.419.